The van der Waals surface area contributed by atoms with Gasteiger partial charge in [0.1, 0.15) is 18.2 Å². The van der Waals surface area contributed by atoms with E-state index in [0.29, 0.717) is 16.6 Å². The Hall–Kier alpha value is -2.50. The Morgan fingerprint density at radius 1 is 1.00 bits per heavy atom. The molecule has 6 heteroatoms. The zero-order valence-corrected chi connectivity index (χ0v) is 11.2. The van der Waals surface area contributed by atoms with Crippen LogP contribution in [0.15, 0.2) is 48.5 Å². The highest BCUT2D eigenvalue weighted by Crippen LogP contribution is 2.36. The van der Waals surface area contributed by atoms with Gasteiger partial charge in [0.15, 0.2) is 0 Å². The van der Waals surface area contributed by atoms with E-state index in [1.165, 1.54) is 24.3 Å². The van der Waals surface area contributed by atoms with Crippen LogP contribution < -0.4 is 4.74 Å². The van der Waals surface area contributed by atoms with Crippen LogP contribution in [0.5, 0.6) is 5.75 Å². The van der Waals surface area contributed by atoms with Gasteiger partial charge in [0, 0.05) is 5.39 Å². The van der Waals surface area contributed by atoms with Crippen LogP contribution >= 0.6 is 0 Å². The van der Waals surface area contributed by atoms with Crippen molar-refractivity contribution >= 4 is 10.9 Å². The van der Waals surface area contributed by atoms with Gasteiger partial charge in [-0.2, -0.15) is 13.2 Å². The quantitative estimate of drug-likeness (QED) is 0.684. The minimum Gasteiger partial charge on any atom is -0.487 e. The molecule has 0 fully saturated rings. The lowest BCUT2D eigenvalue weighted by Crippen LogP contribution is -2.08. The normalized spacial score (nSPS) is 11.8. The number of aromatic amines is 1. The SMILES string of the molecule is Fc1cccc2cc(COc3ccccc3C(F)(F)F)[nH]c12. The first-order valence-corrected chi connectivity index (χ1v) is 6.50. The lowest BCUT2D eigenvalue weighted by molar-refractivity contribution is -0.139. The summed E-state index contributed by atoms with van der Waals surface area (Å²) in [6.45, 7) is -0.110. The fraction of sp³-hybridized carbons (Fsp3) is 0.125. The van der Waals surface area contributed by atoms with Gasteiger partial charge in [0.05, 0.1) is 16.8 Å². The van der Waals surface area contributed by atoms with E-state index in [2.05, 4.69) is 4.98 Å². The monoisotopic (exact) mass is 309 g/mol. The summed E-state index contributed by atoms with van der Waals surface area (Å²) in [6.07, 6.45) is -4.48. The van der Waals surface area contributed by atoms with Crippen molar-refractivity contribution in [2.45, 2.75) is 12.8 Å². The topological polar surface area (TPSA) is 25.0 Å². The van der Waals surface area contributed by atoms with Crippen LogP contribution in [0.3, 0.4) is 0 Å². The summed E-state index contributed by atoms with van der Waals surface area (Å²) in [5.74, 6) is -0.673. The molecule has 0 radical (unpaired) electrons. The van der Waals surface area contributed by atoms with Gasteiger partial charge in [-0.1, -0.05) is 24.3 Å². The number of hydrogen-bond acceptors (Lipinski definition) is 1. The second-order valence-electron chi connectivity index (χ2n) is 4.78. The average Bonchev–Trinajstić information content (AvgIpc) is 2.89. The number of alkyl halides is 3. The molecule has 1 heterocycles. The molecule has 0 aliphatic heterocycles. The highest BCUT2D eigenvalue weighted by atomic mass is 19.4. The van der Waals surface area contributed by atoms with E-state index in [1.807, 2.05) is 0 Å². The van der Waals surface area contributed by atoms with Crippen molar-refractivity contribution in [3.63, 3.8) is 0 Å². The van der Waals surface area contributed by atoms with Gasteiger partial charge in [-0.25, -0.2) is 4.39 Å². The second kappa shape index (κ2) is 5.36. The molecule has 0 unspecified atom stereocenters. The Balaban J connectivity index is 1.84. The van der Waals surface area contributed by atoms with Gasteiger partial charge >= 0.3 is 6.18 Å². The fourth-order valence-electron chi connectivity index (χ4n) is 2.24. The molecule has 3 aromatic rings. The maximum absolute atomic E-state index is 13.6. The van der Waals surface area contributed by atoms with Crippen molar-refractivity contribution in [3.05, 3.63) is 65.6 Å². The molecule has 2 nitrogen and oxygen atoms in total. The Morgan fingerprint density at radius 3 is 2.50 bits per heavy atom. The fourth-order valence-corrected chi connectivity index (χ4v) is 2.24. The van der Waals surface area contributed by atoms with Gasteiger partial charge in [-0.3, -0.25) is 0 Å². The third kappa shape index (κ3) is 2.77. The van der Waals surface area contributed by atoms with Gasteiger partial charge in [-0.05, 0) is 24.3 Å². The van der Waals surface area contributed by atoms with Crippen LogP contribution in [0, 0.1) is 5.82 Å². The van der Waals surface area contributed by atoms with E-state index in [1.54, 1.807) is 18.2 Å². The van der Waals surface area contributed by atoms with Gasteiger partial charge in [0.2, 0.25) is 0 Å². The minimum atomic E-state index is -4.48. The number of fused-ring (bicyclic) bond motifs is 1. The first-order chi connectivity index (χ1) is 10.4. The number of hydrogen-bond donors (Lipinski definition) is 1. The van der Waals surface area contributed by atoms with Gasteiger partial charge < -0.3 is 9.72 Å². The number of benzene rings is 2. The number of ether oxygens (including phenoxy) is 1. The molecule has 0 aliphatic rings. The molecule has 114 valence electrons. The Morgan fingerprint density at radius 2 is 1.77 bits per heavy atom. The number of para-hydroxylation sites is 2. The lowest BCUT2D eigenvalue weighted by atomic mass is 10.2. The summed E-state index contributed by atoms with van der Waals surface area (Å²) in [5, 5.41) is 0.641. The predicted molar refractivity (Wildman–Crippen MR) is 74.0 cm³/mol. The molecular formula is C16H11F4NO. The molecule has 0 atom stereocenters. The zero-order chi connectivity index (χ0) is 15.7. The molecule has 2 aromatic carbocycles. The number of aromatic nitrogens is 1. The van der Waals surface area contributed by atoms with Crippen molar-refractivity contribution < 1.29 is 22.3 Å². The highest BCUT2D eigenvalue weighted by molar-refractivity contribution is 5.80. The van der Waals surface area contributed by atoms with Crippen LogP contribution in [-0.4, -0.2) is 4.98 Å². The van der Waals surface area contributed by atoms with Gasteiger partial charge in [0.25, 0.3) is 0 Å². The van der Waals surface area contributed by atoms with Crippen molar-refractivity contribution in [1.29, 1.82) is 0 Å². The number of nitrogens with one attached hydrogen (secondary N) is 1. The first-order valence-electron chi connectivity index (χ1n) is 6.50. The summed E-state index contributed by atoms with van der Waals surface area (Å²) in [6, 6.07) is 11.2. The minimum absolute atomic E-state index is 0.110. The predicted octanol–water partition coefficient (Wildman–Crippen LogP) is 4.90. The highest BCUT2D eigenvalue weighted by Gasteiger charge is 2.34. The molecule has 22 heavy (non-hydrogen) atoms. The van der Waals surface area contributed by atoms with Crippen LogP contribution in [0.1, 0.15) is 11.3 Å². The standard InChI is InChI=1S/C16H11F4NO/c17-13-6-3-4-10-8-11(21-15(10)13)9-22-14-7-2-1-5-12(14)16(18,19)20/h1-8,21H,9H2. The molecule has 0 saturated heterocycles. The Kier molecular flexibility index (Phi) is 3.52. The van der Waals surface area contributed by atoms with E-state index in [-0.39, 0.29) is 12.4 Å². The van der Waals surface area contributed by atoms with E-state index < -0.39 is 17.6 Å². The summed E-state index contributed by atoms with van der Waals surface area (Å²) in [7, 11) is 0. The van der Waals surface area contributed by atoms with Crippen molar-refractivity contribution in [2.24, 2.45) is 0 Å². The van der Waals surface area contributed by atoms with E-state index in [4.69, 9.17) is 4.74 Å². The largest absolute Gasteiger partial charge is 0.487 e. The molecule has 3 rings (SSSR count). The molecule has 0 amide bonds. The summed E-state index contributed by atoms with van der Waals surface area (Å²) in [5.41, 5.74) is -0.0282. The average molecular weight is 309 g/mol. The van der Waals surface area contributed by atoms with Gasteiger partial charge in [-0.15, -0.1) is 0 Å². The molecular weight excluding hydrogens is 298 g/mol. The van der Waals surface area contributed by atoms with Crippen LogP contribution in [0.25, 0.3) is 10.9 Å². The molecule has 1 aromatic heterocycles. The zero-order valence-electron chi connectivity index (χ0n) is 11.2. The Bertz CT molecular complexity index is 807. The molecule has 1 N–H and O–H groups in total. The molecule has 0 saturated carbocycles. The van der Waals surface area contributed by atoms with E-state index >= 15 is 0 Å². The third-order valence-electron chi connectivity index (χ3n) is 3.24. The molecule has 0 aliphatic carbocycles. The Labute approximate surface area is 123 Å². The number of rotatable bonds is 3. The van der Waals surface area contributed by atoms with E-state index in [9.17, 15) is 17.6 Å². The van der Waals surface area contributed by atoms with Crippen molar-refractivity contribution in [2.75, 3.05) is 0 Å². The summed E-state index contributed by atoms with van der Waals surface area (Å²) in [4.78, 5) is 2.81. The first kappa shape index (κ1) is 14.4. The smallest absolute Gasteiger partial charge is 0.419 e. The maximum atomic E-state index is 13.6. The molecule has 0 bridgehead atoms. The second-order valence-corrected chi connectivity index (χ2v) is 4.78. The third-order valence-corrected chi connectivity index (χ3v) is 3.24. The molecule has 0 spiro atoms. The van der Waals surface area contributed by atoms with Crippen LogP contribution in [-0.2, 0) is 12.8 Å². The summed E-state index contributed by atoms with van der Waals surface area (Å²) >= 11 is 0. The lowest BCUT2D eigenvalue weighted by Gasteiger charge is -2.13. The van der Waals surface area contributed by atoms with Crippen molar-refractivity contribution in [1.82, 2.24) is 4.98 Å². The number of halogens is 4. The van der Waals surface area contributed by atoms with Crippen molar-refractivity contribution in [3.8, 4) is 5.75 Å². The van der Waals surface area contributed by atoms with E-state index in [0.717, 1.165) is 6.07 Å². The maximum Gasteiger partial charge on any atom is 0.419 e. The van der Waals surface area contributed by atoms with Crippen LogP contribution in [0.2, 0.25) is 0 Å². The van der Waals surface area contributed by atoms with Crippen LogP contribution in [0.4, 0.5) is 17.6 Å². The summed E-state index contributed by atoms with van der Waals surface area (Å²) < 4.78 is 57.4. The number of H-pyrrole nitrogens is 1.